The van der Waals surface area contributed by atoms with Crippen LogP contribution in [0.2, 0.25) is 0 Å². The van der Waals surface area contributed by atoms with E-state index in [-0.39, 0.29) is 0 Å². The van der Waals surface area contributed by atoms with E-state index in [2.05, 4.69) is 0 Å². The largest absolute Gasteiger partial charge is 0.497 e. The molecule has 4 N–H and O–H groups in total. The summed E-state index contributed by atoms with van der Waals surface area (Å²) in [7, 11) is 6.50. The van der Waals surface area contributed by atoms with Gasteiger partial charge >= 0.3 is 0 Å². The molecular weight excluding hydrogens is 332 g/mol. The summed E-state index contributed by atoms with van der Waals surface area (Å²) in [4.78, 5) is 0. The summed E-state index contributed by atoms with van der Waals surface area (Å²) in [5.41, 5.74) is 14.1. The molecule has 6 heteroatoms. The Hall–Kier alpha value is -2.44. The molecular formula is C20H28N2O4. The predicted octanol–water partition coefficient (Wildman–Crippen LogP) is 2.16. The third-order valence-electron chi connectivity index (χ3n) is 4.34. The van der Waals surface area contributed by atoms with Crippen molar-refractivity contribution >= 4 is 0 Å². The molecule has 0 fully saturated rings. The quantitative estimate of drug-likeness (QED) is 0.712. The van der Waals surface area contributed by atoms with E-state index in [0.717, 1.165) is 34.1 Å². The Morgan fingerprint density at radius 3 is 1.19 bits per heavy atom. The Morgan fingerprint density at radius 1 is 0.654 bits per heavy atom. The highest BCUT2D eigenvalue weighted by atomic mass is 16.5. The number of hydrogen-bond donors (Lipinski definition) is 2. The molecule has 2 aromatic rings. The number of benzene rings is 2. The van der Waals surface area contributed by atoms with E-state index in [9.17, 15) is 0 Å². The average Bonchev–Trinajstić information content (AvgIpc) is 2.66. The maximum absolute atomic E-state index is 6.64. The maximum atomic E-state index is 6.64. The minimum atomic E-state index is -0.630. The first-order chi connectivity index (χ1) is 12.4. The first-order valence-electron chi connectivity index (χ1n) is 8.38. The SMILES string of the molecule is COc1cc(CC(N)(CN)Cc2cc(OC)cc(OC)c2)cc(OC)c1. The zero-order valence-electron chi connectivity index (χ0n) is 15.9. The van der Waals surface area contributed by atoms with Gasteiger partial charge in [0.25, 0.3) is 0 Å². The van der Waals surface area contributed by atoms with Crippen molar-refractivity contribution in [2.75, 3.05) is 35.0 Å². The minimum Gasteiger partial charge on any atom is -0.497 e. The van der Waals surface area contributed by atoms with Crippen LogP contribution in [0.3, 0.4) is 0 Å². The summed E-state index contributed by atoms with van der Waals surface area (Å²) >= 11 is 0. The van der Waals surface area contributed by atoms with Crippen molar-refractivity contribution in [2.24, 2.45) is 11.5 Å². The van der Waals surface area contributed by atoms with Crippen molar-refractivity contribution < 1.29 is 18.9 Å². The van der Waals surface area contributed by atoms with Crippen molar-refractivity contribution in [1.29, 1.82) is 0 Å². The third kappa shape index (κ3) is 5.03. The standard InChI is InChI=1S/C20H28N2O4/c1-23-16-5-14(6-17(9-16)24-2)11-20(22,13-21)12-15-7-18(25-3)10-19(8-15)26-4/h5-10H,11-13,21-22H2,1-4H3. The molecule has 0 aromatic heterocycles. The normalized spacial score (nSPS) is 11.2. The Bertz CT molecular complexity index is 632. The van der Waals surface area contributed by atoms with E-state index in [1.165, 1.54) is 0 Å². The fourth-order valence-electron chi connectivity index (χ4n) is 2.96. The summed E-state index contributed by atoms with van der Waals surface area (Å²) in [6, 6.07) is 11.5. The van der Waals surface area contributed by atoms with Crippen LogP contribution in [0.25, 0.3) is 0 Å². The van der Waals surface area contributed by atoms with Crippen LogP contribution < -0.4 is 30.4 Å². The highest BCUT2D eigenvalue weighted by Crippen LogP contribution is 2.28. The lowest BCUT2D eigenvalue weighted by molar-refractivity contribution is 0.386. The van der Waals surface area contributed by atoms with Crippen molar-refractivity contribution in [3.05, 3.63) is 47.5 Å². The summed E-state index contributed by atoms with van der Waals surface area (Å²) in [5, 5.41) is 0. The second kappa shape index (κ2) is 8.78. The molecule has 0 heterocycles. The van der Waals surface area contributed by atoms with Crippen LogP contribution in [-0.2, 0) is 12.8 Å². The van der Waals surface area contributed by atoms with Crippen LogP contribution in [0, 0.1) is 0 Å². The minimum absolute atomic E-state index is 0.325. The van der Waals surface area contributed by atoms with Gasteiger partial charge in [-0.15, -0.1) is 0 Å². The van der Waals surface area contributed by atoms with Gasteiger partial charge in [0.05, 0.1) is 28.4 Å². The van der Waals surface area contributed by atoms with E-state index < -0.39 is 5.54 Å². The van der Waals surface area contributed by atoms with E-state index in [1.54, 1.807) is 28.4 Å². The van der Waals surface area contributed by atoms with Crippen molar-refractivity contribution in [3.63, 3.8) is 0 Å². The van der Waals surface area contributed by atoms with Gasteiger partial charge in [-0.3, -0.25) is 0 Å². The first kappa shape index (κ1) is 19.9. The number of nitrogens with two attached hydrogens (primary N) is 2. The van der Waals surface area contributed by atoms with Gasteiger partial charge in [-0.1, -0.05) is 0 Å². The third-order valence-corrected chi connectivity index (χ3v) is 4.34. The second-order valence-corrected chi connectivity index (χ2v) is 6.36. The lowest BCUT2D eigenvalue weighted by atomic mass is 9.85. The molecule has 2 aromatic carbocycles. The zero-order chi connectivity index (χ0) is 19.2. The maximum Gasteiger partial charge on any atom is 0.122 e. The number of methoxy groups -OCH3 is 4. The van der Waals surface area contributed by atoms with Crippen LogP contribution in [0.1, 0.15) is 11.1 Å². The summed E-state index contributed by atoms with van der Waals surface area (Å²) < 4.78 is 21.4. The molecule has 0 saturated heterocycles. The highest BCUT2D eigenvalue weighted by Gasteiger charge is 2.25. The Kier molecular flexibility index (Phi) is 6.71. The second-order valence-electron chi connectivity index (χ2n) is 6.36. The lowest BCUT2D eigenvalue weighted by Crippen LogP contribution is -2.50. The fourth-order valence-corrected chi connectivity index (χ4v) is 2.96. The Morgan fingerprint density at radius 2 is 0.962 bits per heavy atom. The molecule has 0 amide bonds. The molecule has 0 aliphatic heterocycles. The Labute approximate surface area is 155 Å². The summed E-state index contributed by atoms with van der Waals surface area (Å²) in [6.07, 6.45) is 1.16. The van der Waals surface area contributed by atoms with Gasteiger partial charge in [0.1, 0.15) is 23.0 Å². The molecule has 0 radical (unpaired) electrons. The number of hydrogen-bond acceptors (Lipinski definition) is 6. The topological polar surface area (TPSA) is 89.0 Å². The number of ether oxygens (including phenoxy) is 4. The van der Waals surface area contributed by atoms with Gasteiger partial charge < -0.3 is 30.4 Å². The monoisotopic (exact) mass is 360 g/mol. The average molecular weight is 360 g/mol. The van der Waals surface area contributed by atoms with Crippen LogP contribution in [0.15, 0.2) is 36.4 Å². The fraction of sp³-hybridized carbons (Fsp3) is 0.400. The molecule has 6 nitrogen and oxygen atoms in total. The molecule has 0 bridgehead atoms. The predicted molar refractivity (Wildman–Crippen MR) is 102 cm³/mol. The molecule has 0 aliphatic carbocycles. The van der Waals surface area contributed by atoms with E-state index in [1.807, 2.05) is 36.4 Å². The van der Waals surface area contributed by atoms with Crippen LogP contribution in [0.5, 0.6) is 23.0 Å². The summed E-state index contributed by atoms with van der Waals surface area (Å²) in [6.45, 7) is 0.325. The van der Waals surface area contributed by atoms with Gasteiger partial charge in [-0.25, -0.2) is 0 Å². The Balaban J connectivity index is 2.28. The first-order valence-corrected chi connectivity index (χ1v) is 8.38. The van der Waals surface area contributed by atoms with Gasteiger partial charge in [0, 0.05) is 24.2 Å². The van der Waals surface area contributed by atoms with Crippen LogP contribution in [0.4, 0.5) is 0 Å². The zero-order valence-corrected chi connectivity index (χ0v) is 15.9. The van der Waals surface area contributed by atoms with Crippen molar-refractivity contribution in [1.82, 2.24) is 0 Å². The lowest BCUT2D eigenvalue weighted by Gasteiger charge is -2.29. The molecule has 142 valence electrons. The molecule has 0 unspecified atom stereocenters. The van der Waals surface area contributed by atoms with Crippen LogP contribution in [-0.4, -0.2) is 40.5 Å². The number of rotatable bonds is 9. The van der Waals surface area contributed by atoms with Crippen molar-refractivity contribution in [3.8, 4) is 23.0 Å². The van der Waals surface area contributed by atoms with Crippen molar-refractivity contribution in [2.45, 2.75) is 18.4 Å². The van der Waals surface area contributed by atoms with E-state index in [4.69, 9.17) is 30.4 Å². The van der Waals surface area contributed by atoms with Gasteiger partial charge in [0.2, 0.25) is 0 Å². The smallest absolute Gasteiger partial charge is 0.122 e. The van der Waals surface area contributed by atoms with E-state index in [0.29, 0.717) is 19.4 Å². The van der Waals surface area contributed by atoms with E-state index >= 15 is 0 Å². The van der Waals surface area contributed by atoms with Gasteiger partial charge in [-0.2, -0.15) is 0 Å². The molecule has 0 aliphatic rings. The summed E-state index contributed by atoms with van der Waals surface area (Å²) in [5.74, 6) is 2.90. The molecule has 0 atom stereocenters. The van der Waals surface area contributed by atoms with Crippen LogP contribution >= 0.6 is 0 Å². The molecule has 2 rings (SSSR count). The molecule has 26 heavy (non-hydrogen) atoms. The van der Waals surface area contributed by atoms with Gasteiger partial charge in [-0.05, 0) is 48.2 Å². The van der Waals surface area contributed by atoms with Gasteiger partial charge in [0.15, 0.2) is 0 Å². The molecule has 0 spiro atoms. The highest BCUT2D eigenvalue weighted by molar-refractivity contribution is 5.41. The molecule has 0 saturated carbocycles.